The molecule has 1 amide bonds. The van der Waals surface area contributed by atoms with E-state index in [2.05, 4.69) is 10.7 Å². The van der Waals surface area contributed by atoms with E-state index in [1.54, 1.807) is 18.2 Å². The summed E-state index contributed by atoms with van der Waals surface area (Å²) in [5.74, 6) is -4.33. The van der Waals surface area contributed by atoms with Crippen LogP contribution in [0.25, 0.3) is 5.70 Å². The van der Waals surface area contributed by atoms with Gasteiger partial charge in [0.25, 0.3) is 11.8 Å². The largest absolute Gasteiger partial charge is 0.492 e. The Morgan fingerprint density at radius 2 is 2.07 bits per heavy atom. The summed E-state index contributed by atoms with van der Waals surface area (Å²) in [7, 11) is 1.84. The number of hydrogen-bond donors (Lipinski definition) is 3. The van der Waals surface area contributed by atoms with E-state index in [0.29, 0.717) is 43.6 Å². The average molecular weight is 420 g/mol. The fourth-order valence-electron chi connectivity index (χ4n) is 3.07. The van der Waals surface area contributed by atoms with Gasteiger partial charge in [-0.1, -0.05) is 6.07 Å². The van der Waals surface area contributed by atoms with Crippen molar-refractivity contribution < 1.29 is 22.7 Å². The Hall–Kier alpha value is -3.04. The molecule has 2 aromatic rings. The number of amides is 1. The average Bonchev–Trinajstić information content (AvgIpc) is 3.12. The highest BCUT2D eigenvalue weighted by Gasteiger charge is 2.27. The van der Waals surface area contributed by atoms with E-state index < -0.39 is 28.8 Å². The van der Waals surface area contributed by atoms with Crippen molar-refractivity contribution in [2.45, 2.75) is 12.8 Å². The number of alkyl halides is 2. The van der Waals surface area contributed by atoms with Crippen molar-refractivity contribution in [1.82, 2.24) is 10.4 Å². The number of nitrogens with two attached hydrogens (primary N) is 1. The van der Waals surface area contributed by atoms with Crippen molar-refractivity contribution in [2.75, 3.05) is 32.1 Å². The highest BCUT2D eigenvalue weighted by atomic mass is 19.3. The molecule has 160 valence electrons. The van der Waals surface area contributed by atoms with E-state index in [9.17, 15) is 18.0 Å². The first-order valence-corrected chi connectivity index (χ1v) is 9.34. The van der Waals surface area contributed by atoms with E-state index in [0.717, 1.165) is 23.9 Å². The molecule has 0 unspecified atom stereocenters. The number of nitrogens with one attached hydrogen (secondary N) is 2. The van der Waals surface area contributed by atoms with E-state index in [1.807, 2.05) is 18.1 Å². The first-order valence-electron chi connectivity index (χ1n) is 9.34. The van der Waals surface area contributed by atoms with Crippen molar-refractivity contribution in [1.29, 1.82) is 0 Å². The van der Waals surface area contributed by atoms with Crippen LogP contribution in [0.3, 0.4) is 0 Å². The Bertz CT molecular complexity index is 973. The number of hydrazine groups is 1. The van der Waals surface area contributed by atoms with Crippen LogP contribution in [0.4, 0.5) is 18.9 Å². The van der Waals surface area contributed by atoms with Gasteiger partial charge in [-0.2, -0.15) is 0 Å². The molecule has 1 aliphatic heterocycles. The van der Waals surface area contributed by atoms with Crippen LogP contribution in [0.1, 0.15) is 28.4 Å². The Morgan fingerprint density at radius 3 is 2.70 bits per heavy atom. The van der Waals surface area contributed by atoms with Crippen molar-refractivity contribution in [3.05, 3.63) is 65.0 Å². The molecule has 0 fully saturated rings. The van der Waals surface area contributed by atoms with E-state index in [1.165, 1.54) is 0 Å². The Morgan fingerprint density at radius 1 is 1.30 bits per heavy atom. The summed E-state index contributed by atoms with van der Waals surface area (Å²) in [4.78, 5) is 12.6. The molecule has 0 radical (unpaired) electrons. The van der Waals surface area contributed by atoms with Crippen LogP contribution in [-0.4, -0.2) is 37.7 Å². The minimum atomic E-state index is -3.19. The van der Waals surface area contributed by atoms with Crippen LogP contribution >= 0.6 is 0 Å². The maximum atomic E-state index is 14.1. The summed E-state index contributed by atoms with van der Waals surface area (Å²) < 4.78 is 47.0. The van der Waals surface area contributed by atoms with Crippen LogP contribution in [0, 0.1) is 5.82 Å². The first kappa shape index (κ1) is 21.7. The summed E-state index contributed by atoms with van der Waals surface area (Å²) in [6.45, 7) is 1.96. The molecule has 2 aromatic carbocycles. The molecule has 1 aliphatic rings. The minimum Gasteiger partial charge on any atom is -0.492 e. The number of halogens is 3. The van der Waals surface area contributed by atoms with Gasteiger partial charge in [0.05, 0.1) is 11.3 Å². The second kappa shape index (κ2) is 8.76. The van der Waals surface area contributed by atoms with Gasteiger partial charge in [0.1, 0.15) is 18.2 Å². The van der Waals surface area contributed by atoms with Gasteiger partial charge in [-0.05, 0) is 36.4 Å². The van der Waals surface area contributed by atoms with Crippen molar-refractivity contribution >= 4 is 17.3 Å². The normalized spacial score (nSPS) is 13.9. The van der Waals surface area contributed by atoms with Gasteiger partial charge in [0.2, 0.25) is 0 Å². The van der Waals surface area contributed by atoms with Crippen LogP contribution in [0.5, 0.6) is 5.75 Å². The van der Waals surface area contributed by atoms with E-state index in [-0.39, 0.29) is 0 Å². The van der Waals surface area contributed by atoms with Gasteiger partial charge in [0.15, 0.2) is 0 Å². The van der Waals surface area contributed by atoms with Crippen LogP contribution in [0.2, 0.25) is 0 Å². The standard InChI is InChI=1S/C21H23F3N4O2/c1-21(23,24)13-3-5-17(22)15(11-13)20(29)27-14-4-6-19(30-10-8-25)16(12-14)18-7-9-26-28(18)2/h3-7,11-12,26H,8-10,25H2,1-2H3,(H,27,29). The summed E-state index contributed by atoms with van der Waals surface area (Å²) >= 11 is 0. The Balaban J connectivity index is 1.91. The SMILES string of the molecule is CN1NCC=C1c1cc(NC(=O)c2cc(C(C)(F)F)ccc2F)ccc1OCCN. The third-order valence-corrected chi connectivity index (χ3v) is 4.59. The topological polar surface area (TPSA) is 79.6 Å². The van der Waals surface area contributed by atoms with Crippen LogP contribution < -0.4 is 21.2 Å². The number of rotatable bonds is 7. The Labute approximate surface area is 172 Å². The van der Waals surface area contributed by atoms with Gasteiger partial charge in [-0.25, -0.2) is 18.6 Å². The maximum absolute atomic E-state index is 14.1. The second-order valence-corrected chi connectivity index (χ2v) is 6.90. The maximum Gasteiger partial charge on any atom is 0.270 e. The zero-order valence-corrected chi connectivity index (χ0v) is 16.6. The molecule has 9 heteroatoms. The smallest absolute Gasteiger partial charge is 0.270 e. The first-order chi connectivity index (χ1) is 14.2. The van der Waals surface area contributed by atoms with Gasteiger partial charge < -0.3 is 20.8 Å². The molecule has 0 atom stereocenters. The number of carbonyl (C=O) groups is 1. The molecule has 0 saturated carbocycles. The lowest BCUT2D eigenvalue weighted by atomic mass is 10.0. The Kier molecular flexibility index (Phi) is 6.33. The fraction of sp³-hybridized carbons (Fsp3) is 0.286. The zero-order valence-electron chi connectivity index (χ0n) is 16.6. The van der Waals surface area contributed by atoms with Crippen molar-refractivity contribution in [3.63, 3.8) is 0 Å². The van der Waals surface area contributed by atoms with Gasteiger partial charge in [-0.3, -0.25) is 4.79 Å². The zero-order chi connectivity index (χ0) is 21.9. The molecule has 6 nitrogen and oxygen atoms in total. The summed E-state index contributed by atoms with van der Waals surface area (Å²) in [6.07, 6.45) is 1.95. The summed E-state index contributed by atoms with van der Waals surface area (Å²) in [6, 6.07) is 7.62. The highest BCUT2D eigenvalue weighted by Crippen LogP contribution is 2.32. The molecule has 30 heavy (non-hydrogen) atoms. The second-order valence-electron chi connectivity index (χ2n) is 6.90. The number of carbonyl (C=O) groups excluding carboxylic acids is 1. The summed E-state index contributed by atoms with van der Waals surface area (Å²) in [5, 5.41) is 4.38. The highest BCUT2D eigenvalue weighted by molar-refractivity contribution is 6.04. The molecule has 1 heterocycles. The van der Waals surface area contributed by atoms with Crippen LogP contribution in [0.15, 0.2) is 42.5 Å². The van der Waals surface area contributed by atoms with Crippen LogP contribution in [-0.2, 0) is 5.92 Å². The number of hydrogen-bond acceptors (Lipinski definition) is 5. The third-order valence-electron chi connectivity index (χ3n) is 4.59. The number of anilines is 1. The van der Waals surface area contributed by atoms with Crippen molar-refractivity contribution in [2.24, 2.45) is 5.73 Å². The van der Waals surface area contributed by atoms with Crippen molar-refractivity contribution in [3.8, 4) is 5.75 Å². The number of ether oxygens (including phenoxy) is 1. The van der Waals surface area contributed by atoms with E-state index >= 15 is 0 Å². The minimum absolute atomic E-state index is 0.312. The number of nitrogens with zero attached hydrogens (tertiary/aromatic N) is 1. The molecular formula is C21H23F3N4O2. The molecule has 3 rings (SSSR count). The quantitative estimate of drug-likeness (QED) is 0.641. The number of benzene rings is 2. The predicted octanol–water partition coefficient (Wildman–Crippen LogP) is 3.32. The lowest BCUT2D eigenvalue weighted by molar-refractivity contribution is 0.0174. The third kappa shape index (κ3) is 4.74. The monoisotopic (exact) mass is 420 g/mol. The molecule has 0 spiro atoms. The molecular weight excluding hydrogens is 397 g/mol. The summed E-state index contributed by atoms with van der Waals surface area (Å²) in [5.41, 5.74) is 9.63. The molecule has 4 N–H and O–H groups in total. The van der Waals surface area contributed by atoms with Gasteiger partial charge in [0, 0.05) is 43.9 Å². The van der Waals surface area contributed by atoms with Gasteiger partial charge in [-0.15, -0.1) is 0 Å². The van der Waals surface area contributed by atoms with Gasteiger partial charge >= 0.3 is 0 Å². The fourth-order valence-corrected chi connectivity index (χ4v) is 3.07. The molecule has 0 aliphatic carbocycles. The lowest BCUT2D eigenvalue weighted by Gasteiger charge is -2.20. The van der Waals surface area contributed by atoms with E-state index in [4.69, 9.17) is 10.5 Å². The molecule has 0 saturated heterocycles. The molecule has 0 bridgehead atoms. The molecule has 0 aromatic heterocycles. The lowest BCUT2D eigenvalue weighted by Crippen LogP contribution is -2.27. The predicted molar refractivity (Wildman–Crippen MR) is 109 cm³/mol.